The molecule has 0 spiro atoms. The molecule has 13 heteroatoms. The van der Waals surface area contributed by atoms with Gasteiger partial charge in [-0.25, -0.2) is 19.4 Å². The zero-order valence-corrected chi connectivity index (χ0v) is 23.0. The van der Waals surface area contributed by atoms with Gasteiger partial charge in [0.15, 0.2) is 14.8 Å². The van der Waals surface area contributed by atoms with E-state index in [1.807, 2.05) is 36.5 Å². The van der Waals surface area contributed by atoms with Crippen LogP contribution in [0.4, 0.5) is 9.93 Å². The Bertz CT molecular complexity index is 1610. The van der Waals surface area contributed by atoms with E-state index in [1.54, 1.807) is 22.7 Å². The summed E-state index contributed by atoms with van der Waals surface area (Å²) in [5.41, 5.74) is 3.74. The van der Waals surface area contributed by atoms with Crippen LogP contribution in [-0.4, -0.2) is 78.6 Å². The van der Waals surface area contributed by atoms with Crippen LogP contribution in [0.1, 0.15) is 38.3 Å². The van der Waals surface area contributed by atoms with Gasteiger partial charge < -0.3 is 24.6 Å². The molecule has 2 aliphatic rings. The maximum Gasteiger partial charge on any atom is 0.407 e. The van der Waals surface area contributed by atoms with Crippen LogP contribution in [0.25, 0.3) is 42.4 Å². The number of carbonyl (C=O) groups is 1. The fraction of sp³-hybridized carbons (Fsp3) is 0.423. The Balaban J connectivity index is 1.14. The molecule has 2 aliphatic heterocycles. The van der Waals surface area contributed by atoms with Crippen molar-refractivity contribution in [2.75, 3.05) is 31.6 Å². The number of H-pyrrole nitrogens is 1. The lowest BCUT2D eigenvalue weighted by Crippen LogP contribution is -2.45. The minimum atomic E-state index is -0.842. The summed E-state index contributed by atoms with van der Waals surface area (Å²) in [6, 6.07) is 2.33. The molecule has 7 rings (SSSR count). The van der Waals surface area contributed by atoms with E-state index in [-0.39, 0.29) is 12.3 Å². The van der Waals surface area contributed by atoms with Gasteiger partial charge in [-0.05, 0) is 38.2 Å². The van der Waals surface area contributed by atoms with E-state index in [2.05, 4.69) is 21.0 Å². The molecular weight excluding hydrogens is 536 g/mol. The molecule has 11 nitrogen and oxygen atoms in total. The Morgan fingerprint density at radius 1 is 1.15 bits per heavy atom. The highest BCUT2D eigenvalue weighted by Crippen LogP contribution is 2.40. The fourth-order valence-electron chi connectivity index (χ4n) is 5.49. The zero-order valence-electron chi connectivity index (χ0n) is 21.4. The second-order valence-electron chi connectivity index (χ2n) is 10.1. The molecule has 5 aromatic rings. The van der Waals surface area contributed by atoms with E-state index in [4.69, 9.17) is 19.7 Å². The molecular formula is C26H28N8O3S2. The van der Waals surface area contributed by atoms with Gasteiger partial charge in [-0.1, -0.05) is 22.7 Å². The summed E-state index contributed by atoms with van der Waals surface area (Å²) in [5, 5.41) is 16.7. The first-order chi connectivity index (χ1) is 19.0. The molecule has 39 heavy (non-hydrogen) atoms. The Hall–Kier alpha value is -3.55. The minimum absolute atomic E-state index is 0.0110. The summed E-state index contributed by atoms with van der Waals surface area (Å²) in [7, 11) is 2.04. The van der Waals surface area contributed by atoms with E-state index in [0.29, 0.717) is 13.1 Å². The van der Waals surface area contributed by atoms with Gasteiger partial charge in [0.05, 0.1) is 17.4 Å². The van der Waals surface area contributed by atoms with Crippen LogP contribution in [0, 0.1) is 0 Å². The average molecular weight is 565 g/mol. The lowest BCUT2D eigenvalue weighted by molar-refractivity contribution is -0.0394. The van der Waals surface area contributed by atoms with E-state index < -0.39 is 6.09 Å². The molecule has 202 valence electrons. The topological polar surface area (TPSA) is 125 Å². The molecule has 0 aromatic carbocycles. The maximum absolute atomic E-state index is 11.2. The summed E-state index contributed by atoms with van der Waals surface area (Å²) in [4.78, 5) is 34.7. The minimum Gasteiger partial charge on any atom is -0.465 e. The number of hydrogen-bond donors (Lipinski definition) is 2. The number of fused-ring (bicyclic) bond motifs is 2. The summed E-state index contributed by atoms with van der Waals surface area (Å²) in [6.07, 6.45) is 11.7. The highest BCUT2D eigenvalue weighted by atomic mass is 32.1. The number of nitrogens with one attached hydrogen (secondary N) is 1. The first-order valence-electron chi connectivity index (χ1n) is 13.2. The van der Waals surface area contributed by atoms with Gasteiger partial charge in [0.25, 0.3) is 0 Å². The lowest BCUT2D eigenvalue weighted by atomic mass is 10.0. The fourth-order valence-corrected chi connectivity index (χ4v) is 7.59. The molecule has 0 aliphatic carbocycles. The number of rotatable bonds is 5. The zero-order chi connectivity index (χ0) is 26.5. The van der Waals surface area contributed by atoms with Crippen molar-refractivity contribution < 1.29 is 14.6 Å². The summed E-state index contributed by atoms with van der Waals surface area (Å²) < 4.78 is 7.79. The van der Waals surface area contributed by atoms with Crippen molar-refractivity contribution in [1.29, 1.82) is 0 Å². The predicted molar refractivity (Wildman–Crippen MR) is 151 cm³/mol. The molecule has 0 saturated carbocycles. The Morgan fingerprint density at radius 3 is 2.77 bits per heavy atom. The Labute approximate surface area is 232 Å². The number of ether oxygens (including phenoxy) is 1. The van der Waals surface area contributed by atoms with Crippen LogP contribution in [0.5, 0.6) is 0 Å². The molecule has 5 aromatic heterocycles. The van der Waals surface area contributed by atoms with Gasteiger partial charge in [-0.2, -0.15) is 5.10 Å². The molecule has 2 fully saturated rings. The Kier molecular flexibility index (Phi) is 6.21. The summed E-state index contributed by atoms with van der Waals surface area (Å²) in [5.74, 6) is 0. The van der Waals surface area contributed by atoms with Crippen molar-refractivity contribution >= 4 is 54.5 Å². The largest absolute Gasteiger partial charge is 0.465 e. The monoisotopic (exact) mass is 564 g/mol. The smallest absolute Gasteiger partial charge is 0.407 e. The summed E-state index contributed by atoms with van der Waals surface area (Å²) >= 11 is 3.15. The van der Waals surface area contributed by atoms with Gasteiger partial charge in [0.2, 0.25) is 0 Å². The average Bonchev–Trinajstić information content (AvgIpc) is 3.76. The second-order valence-corrected chi connectivity index (χ2v) is 12.0. The number of likely N-dealkylation sites (tertiary alicyclic amines) is 1. The third kappa shape index (κ3) is 4.43. The number of carboxylic acid groups (broad SMARTS) is 1. The van der Waals surface area contributed by atoms with Crippen molar-refractivity contribution in [2.45, 2.75) is 44.4 Å². The molecule has 1 amide bonds. The standard InChI is InChI=1S/C26H28N8O3S2/c1-32(16-6-9-33(10-7-16)26(35)36)25-31-24-23(39-25)30-22(38-24)18-13-28-20(21-17(18)5-8-27-21)15-12-29-34(14-15)19-4-2-3-11-37-19/h5,8,12-14,16,19,27H,2-4,6-7,9-11H2,1H3,(H,35,36). The van der Waals surface area contributed by atoms with Crippen LogP contribution >= 0.6 is 22.7 Å². The van der Waals surface area contributed by atoms with Crippen LogP contribution in [-0.2, 0) is 4.74 Å². The number of piperidine rings is 1. The predicted octanol–water partition coefficient (Wildman–Crippen LogP) is 5.44. The first-order valence-corrected chi connectivity index (χ1v) is 14.8. The lowest BCUT2D eigenvalue weighted by Gasteiger charge is -2.35. The van der Waals surface area contributed by atoms with Crippen molar-refractivity contribution in [3.63, 3.8) is 0 Å². The number of anilines is 1. The maximum atomic E-state index is 11.2. The summed E-state index contributed by atoms with van der Waals surface area (Å²) in [6.45, 7) is 1.88. The van der Waals surface area contributed by atoms with Crippen molar-refractivity contribution in [2.24, 2.45) is 0 Å². The van der Waals surface area contributed by atoms with Crippen LogP contribution in [0.15, 0.2) is 30.9 Å². The SMILES string of the molecule is CN(c1nc2sc(-c3cnc(-c4cnn(C5CCCCO5)c4)c4[nH]ccc34)nc2s1)C1CCN(C(=O)O)CC1. The van der Waals surface area contributed by atoms with E-state index >= 15 is 0 Å². The van der Waals surface area contributed by atoms with Gasteiger partial charge in [0, 0.05) is 67.9 Å². The normalized spacial score (nSPS) is 18.8. The second kappa shape index (κ2) is 9.88. The molecule has 2 saturated heterocycles. The van der Waals surface area contributed by atoms with Gasteiger partial charge in [0.1, 0.15) is 11.2 Å². The molecule has 1 unspecified atom stereocenters. The quantitative estimate of drug-likeness (QED) is 0.289. The molecule has 7 heterocycles. The number of aromatic nitrogens is 6. The number of thiazole rings is 2. The number of pyridine rings is 1. The van der Waals surface area contributed by atoms with Crippen molar-refractivity contribution in [1.82, 2.24) is 34.6 Å². The van der Waals surface area contributed by atoms with Crippen molar-refractivity contribution in [3.8, 4) is 21.8 Å². The molecule has 1 atom stereocenters. The van der Waals surface area contributed by atoms with Gasteiger partial charge >= 0.3 is 6.09 Å². The van der Waals surface area contributed by atoms with E-state index in [1.165, 1.54) is 4.90 Å². The highest BCUT2D eigenvalue weighted by molar-refractivity contribution is 7.29. The third-order valence-corrected chi connectivity index (χ3v) is 9.85. The molecule has 2 N–H and O–H groups in total. The van der Waals surface area contributed by atoms with Crippen molar-refractivity contribution in [3.05, 3.63) is 30.9 Å². The number of amides is 1. The van der Waals surface area contributed by atoms with E-state index in [9.17, 15) is 9.90 Å². The molecule has 0 radical (unpaired) electrons. The first kappa shape index (κ1) is 24.5. The number of aromatic amines is 1. The van der Waals surface area contributed by atoms with Crippen LogP contribution in [0.3, 0.4) is 0 Å². The Morgan fingerprint density at radius 2 is 2.00 bits per heavy atom. The van der Waals surface area contributed by atoms with E-state index in [0.717, 1.165) is 86.2 Å². The van der Waals surface area contributed by atoms with Gasteiger partial charge in [-0.15, -0.1) is 0 Å². The van der Waals surface area contributed by atoms with Crippen LogP contribution in [0.2, 0.25) is 0 Å². The highest BCUT2D eigenvalue weighted by Gasteiger charge is 2.27. The number of nitrogens with zero attached hydrogens (tertiary/aromatic N) is 7. The number of hydrogen-bond acceptors (Lipinski definition) is 9. The van der Waals surface area contributed by atoms with Crippen LogP contribution < -0.4 is 4.90 Å². The van der Waals surface area contributed by atoms with Gasteiger partial charge in [-0.3, -0.25) is 4.98 Å². The molecule has 0 bridgehead atoms. The third-order valence-electron chi connectivity index (χ3n) is 7.70.